The average molecular weight is 486 g/mol. The lowest BCUT2D eigenvalue weighted by Crippen LogP contribution is -2.49. The van der Waals surface area contributed by atoms with Gasteiger partial charge in [-0.2, -0.15) is 0 Å². The number of amides is 1. The van der Waals surface area contributed by atoms with E-state index in [4.69, 9.17) is 4.74 Å². The average Bonchev–Trinajstić information content (AvgIpc) is 3.13. The molecule has 182 valence electrons. The van der Waals surface area contributed by atoms with Crippen molar-refractivity contribution in [3.63, 3.8) is 0 Å². The van der Waals surface area contributed by atoms with Crippen LogP contribution in [0, 0.1) is 6.92 Å². The largest absolute Gasteiger partial charge is 0.490 e. The van der Waals surface area contributed by atoms with Gasteiger partial charge in [-0.05, 0) is 66.6 Å². The van der Waals surface area contributed by atoms with Gasteiger partial charge >= 0.3 is 0 Å². The minimum Gasteiger partial charge on any atom is -0.490 e. The van der Waals surface area contributed by atoms with Gasteiger partial charge in [-0.15, -0.1) is 11.8 Å². The zero-order chi connectivity index (χ0) is 24.4. The van der Waals surface area contributed by atoms with Crippen LogP contribution in [0.25, 0.3) is 0 Å². The first-order chi connectivity index (χ1) is 17.0. The molecule has 2 saturated heterocycles. The summed E-state index contributed by atoms with van der Waals surface area (Å²) in [4.78, 5) is 17.0. The highest BCUT2D eigenvalue weighted by atomic mass is 32.2. The molecule has 0 saturated carbocycles. The Balaban J connectivity index is 1.21. The van der Waals surface area contributed by atoms with Crippen molar-refractivity contribution < 1.29 is 9.53 Å². The normalized spacial score (nSPS) is 21.4. The number of carbonyl (C=O) groups is 1. The molecular weight excluding hydrogens is 450 g/mol. The van der Waals surface area contributed by atoms with Crippen molar-refractivity contribution in [2.45, 2.75) is 81.2 Å². The number of carbonyl (C=O) groups excluding carboxylic acids is 1. The molecular formula is C31H35NO2S. The van der Waals surface area contributed by atoms with Crippen LogP contribution in [-0.4, -0.2) is 29.0 Å². The fraction of sp³-hybridized carbons (Fsp3) is 0.387. The summed E-state index contributed by atoms with van der Waals surface area (Å²) in [6.07, 6.45) is 4.16. The molecule has 3 aromatic rings. The number of rotatable bonds is 7. The van der Waals surface area contributed by atoms with Gasteiger partial charge in [0.15, 0.2) is 0 Å². The quantitative estimate of drug-likeness (QED) is 0.322. The molecule has 0 spiro atoms. The lowest BCUT2D eigenvalue weighted by Gasteiger charge is -2.39. The summed E-state index contributed by atoms with van der Waals surface area (Å²) in [5.41, 5.74) is 4.61. The Morgan fingerprint density at radius 2 is 1.60 bits per heavy atom. The van der Waals surface area contributed by atoms with E-state index in [1.165, 1.54) is 21.6 Å². The van der Waals surface area contributed by atoms with Gasteiger partial charge in [-0.1, -0.05) is 62.4 Å². The Morgan fingerprint density at radius 1 is 0.943 bits per heavy atom. The Kier molecular flexibility index (Phi) is 7.19. The van der Waals surface area contributed by atoms with Crippen molar-refractivity contribution in [1.29, 1.82) is 0 Å². The lowest BCUT2D eigenvalue weighted by molar-refractivity contribution is 0.0356. The lowest BCUT2D eigenvalue weighted by atomic mass is 9.97. The van der Waals surface area contributed by atoms with Gasteiger partial charge in [-0.3, -0.25) is 4.79 Å². The monoisotopic (exact) mass is 485 g/mol. The summed E-state index contributed by atoms with van der Waals surface area (Å²) in [5.74, 6) is 2.52. The van der Waals surface area contributed by atoms with Crippen molar-refractivity contribution >= 4 is 17.7 Å². The van der Waals surface area contributed by atoms with Gasteiger partial charge in [-0.25, -0.2) is 0 Å². The van der Waals surface area contributed by atoms with Crippen LogP contribution >= 0.6 is 11.8 Å². The molecule has 0 unspecified atom stereocenters. The molecule has 35 heavy (non-hydrogen) atoms. The topological polar surface area (TPSA) is 29.5 Å². The molecule has 0 radical (unpaired) electrons. The number of hydrogen-bond acceptors (Lipinski definition) is 3. The highest BCUT2D eigenvalue weighted by Gasteiger charge is 2.44. The van der Waals surface area contributed by atoms with Crippen molar-refractivity contribution in [3.8, 4) is 5.75 Å². The first-order valence-electron chi connectivity index (χ1n) is 12.8. The maximum atomic E-state index is 13.5. The third-order valence-corrected chi connectivity index (χ3v) is 8.69. The molecule has 2 aliphatic heterocycles. The van der Waals surface area contributed by atoms with E-state index in [9.17, 15) is 4.79 Å². The van der Waals surface area contributed by atoms with Gasteiger partial charge in [0.1, 0.15) is 11.9 Å². The molecule has 0 aliphatic carbocycles. The van der Waals surface area contributed by atoms with E-state index < -0.39 is 0 Å². The van der Waals surface area contributed by atoms with Crippen LogP contribution in [0.4, 0.5) is 0 Å². The summed E-state index contributed by atoms with van der Waals surface area (Å²) in [5, 5.41) is 0. The van der Waals surface area contributed by atoms with Crippen LogP contribution in [0.2, 0.25) is 0 Å². The fourth-order valence-electron chi connectivity index (χ4n) is 5.57. The van der Waals surface area contributed by atoms with E-state index in [2.05, 4.69) is 86.3 Å². The number of para-hydroxylation sites is 1. The second-order valence-electron chi connectivity index (χ2n) is 10.3. The van der Waals surface area contributed by atoms with Crippen molar-refractivity contribution in [2.24, 2.45) is 0 Å². The molecule has 2 atom stereocenters. The van der Waals surface area contributed by atoms with E-state index in [0.29, 0.717) is 5.92 Å². The fourth-order valence-corrected chi connectivity index (χ4v) is 6.56. The summed E-state index contributed by atoms with van der Waals surface area (Å²) in [6.45, 7) is 6.56. The van der Waals surface area contributed by atoms with Gasteiger partial charge in [0, 0.05) is 41.1 Å². The minimum atomic E-state index is 0.177. The van der Waals surface area contributed by atoms with E-state index in [-0.39, 0.29) is 24.1 Å². The molecule has 2 aliphatic rings. The number of hydrogen-bond donors (Lipinski definition) is 0. The van der Waals surface area contributed by atoms with Gasteiger partial charge in [0.2, 0.25) is 0 Å². The standard InChI is InChI=1S/C31H35NO2S/c1-21(2)28-9-5-6-10-29(28)34-27-18-25-16-17-26(19-27)32(25)31(33)24-14-12-23(13-15-24)20-35-30-11-7-4-8-22(30)3/h4-15,21,25-27H,16-20H2,1-3H3/t25-,26-/m0/s1. The third-order valence-electron chi connectivity index (χ3n) is 7.45. The number of thioether (sulfide) groups is 1. The number of fused-ring (bicyclic) bond motifs is 2. The summed E-state index contributed by atoms with van der Waals surface area (Å²) in [7, 11) is 0. The molecule has 3 aromatic carbocycles. The van der Waals surface area contributed by atoms with Crippen LogP contribution < -0.4 is 4.74 Å². The number of aryl methyl sites for hydroxylation is 1. The predicted molar refractivity (Wildman–Crippen MR) is 144 cm³/mol. The first kappa shape index (κ1) is 24.0. The van der Waals surface area contributed by atoms with Crippen LogP contribution in [0.5, 0.6) is 5.75 Å². The first-order valence-corrected chi connectivity index (χ1v) is 13.8. The highest BCUT2D eigenvalue weighted by Crippen LogP contribution is 2.39. The molecule has 2 fully saturated rings. The maximum absolute atomic E-state index is 13.5. The molecule has 0 N–H and O–H groups in total. The van der Waals surface area contributed by atoms with Crippen LogP contribution in [0.1, 0.15) is 72.5 Å². The second kappa shape index (κ2) is 10.5. The zero-order valence-electron chi connectivity index (χ0n) is 20.9. The van der Waals surface area contributed by atoms with Crippen molar-refractivity contribution in [2.75, 3.05) is 0 Å². The number of ether oxygens (including phenoxy) is 1. The van der Waals surface area contributed by atoms with Gasteiger partial charge in [0.25, 0.3) is 5.91 Å². The number of piperidine rings is 1. The number of nitrogens with zero attached hydrogens (tertiary/aromatic N) is 1. The third kappa shape index (κ3) is 5.28. The second-order valence-corrected chi connectivity index (χ2v) is 11.3. The summed E-state index contributed by atoms with van der Waals surface area (Å²) >= 11 is 1.85. The Hall–Kier alpha value is -2.72. The van der Waals surface area contributed by atoms with Crippen LogP contribution in [0.15, 0.2) is 77.7 Å². The Morgan fingerprint density at radius 3 is 2.29 bits per heavy atom. The smallest absolute Gasteiger partial charge is 0.254 e. The molecule has 4 heteroatoms. The summed E-state index contributed by atoms with van der Waals surface area (Å²) in [6, 6.07) is 25.7. The minimum absolute atomic E-state index is 0.177. The SMILES string of the molecule is Cc1ccccc1SCc1ccc(C(=O)N2[C@H]3CC[C@H]2CC(Oc2ccccc2C(C)C)C3)cc1. The molecule has 1 amide bonds. The number of benzene rings is 3. The Bertz CT molecular complexity index is 1160. The molecule has 0 aromatic heterocycles. The van der Waals surface area contributed by atoms with E-state index in [1.807, 2.05) is 23.9 Å². The van der Waals surface area contributed by atoms with Gasteiger partial charge in [0.05, 0.1) is 0 Å². The molecule has 2 heterocycles. The summed E-state index contributed by atoms with van der Waals surface area (Å²) < 4.78 is 6.51. The molecule has 5 rings (SSSR count). The maximum Gasteiger partial charge on any atom is 0.254 e. The van der Waals surface area contributed by atoms with Crippen molar-refractivity contribution in [1.82, 2.24) is 4.90 Å². The predicted octanol–water partition coefficient (Wildman–Crippen LogP) is 7.63. The van der Waals surface area contributed by atoms with E-state index >= 15 is 0 Å². The van der Waals surface area contributed by atoms with Crippen LogP contribution in [0.3, 0.4) is 0 Å². The zero-order valence-corrected chi connectivity index (χ0v) is 21.8. The van der Waals surface area contributed by atoms with Gasteiger partial charge < -0.3 is 9.64 Å². The van der Waals surface area contributed by atoms with Crippen molar-refractivity contribution in [3.05, 3.63) is 95.1 Å². The molecule has 3 nitrogen and oxygen atoms in total. The van der Waals surface area contributed by atoms with E-state index in [0.717, 1.165) is 42.7 Å². The Labute approximate surface area is 213 Å². The highest BCUT2D eigenvalue weighted by molar-refractivity contribution is 7.98. The molecule has 2 bridgehead atoms. The van der Waals surface area contributed by atoms with E-state index in [1.54, 1.807) is 0 Å². The van der Waals surface area contributed by atoms with Crippen LogP contribution in [-0.2, 0) is 5.75 Å².